The summed E-state index contributed by atoms with van der Waals surface area (Å²) in [6.07, 6.45) is 4.49. The van der Waals surface area contributed by atoms with Crippen LogP contribution in [0.2, 0.25) is 0 Å². The molecule has 44 valence electrons. The second-order valence-corrected chi connectivity index (χ2v) is 2.23. The van der Waals surface area contributed by atoms with Gasteiger partial charge in [-0.05, 0) is 12.8 Å². The molecule has 0 spiro atoms. The minimum Gasteiger partial charge on any atom is -0.299 e. The van der Waals surface area contributed by atoms with Crippen molar-refractivity contribution >= 4 is 5.78 Å². The Kier molecular flexibility index (Phi) is 1.47. The molecular formula is C7H10O. The highest BCUT2D eigenvalue weighted by Gasteiger charge is 2.27. The number of rotatable bonds is 3. The zero-order chi connectivity index (χ0) is 5.98. The molecular weight excluding hydrogens is 100 g/mol. The molecule has 1 rings (SSSR count). The quantitative estimate of drug-likeness (QED) is 0.504. The smallest absolute Gasteiger partial charge is 0.139 e. The molecule has 1 aliphatic carbocycles. The zero-order valence-corrected chi connectivity index (χ0v) is 4.89. The van der Waals surface area contributed by atoms with Crippen molar-refractivity contribution < 1.29 is 4.79 Å². The summed E-state index contributed by atoms with van der Waals surface area (Å²) < 4.78 is 0. The lowest BCUT2D eigenvalue weighted by Gasteiger charge is -1.86. The van der Waals surface area contributed by atoms with Gasteiger partial charge in [0.05, 0.1) is 0 Å². The van der Waals surface area contributed by atoms with Crippen molar-refractivity contribution in [2.24, 2.45) is 5.92 Å². The molecule has 0 bridgehead atoms. The van der Waals surface area contributed by atoms with Gasteiger partial charge in [-0.1, -0.05) is 6.08 Å². The van der Waals surface area contributed by atoms with Crippen molar-refractivity contribution in [1.29, 1.82) is 0 Å². The van der Waals surface area contributed by atoms with Crippen LogP contribution in [0.3, 0.4) is 0 Å². The summed E-state index contributed by atoms with van der Waals surface area (Å²) in [4.78, 5) is 10.7. The molecule has 1 heteroatoms. The Bertz CT molecular complexity index is 112. The zero-order valence-electron chi connectivity index (χ0n) is 4.89. The normalized spacial score (nSPS) is 18.0. The van der Waals surface area contributed by atoms with Crippen molar-refractivity contribution in [3.05, 3.63) is 12.7 Å². The third kappa shape index (κ3) is 1.19. The summed E-state index contributed by atoms with van der Waals surface area (Å²) >= 11 is 0. The Morgan fingerprint density at radius 1 is 1.75 bits per heavy atom. The molecule has 0 heterocycles. The Hall–Kier alpha value is -0.590. The molecule has 0 atom stereocenters. The van der Waals surface area contributed by atoms with E-state index in [1.54, 1.807) is 6.08 Å². The number of hydrogen-bond donors (Lipinski definition) is 0. The van der Waals surface area contributed by atoms with E-state index < -0.39 is 0 Å². The van der Waals surface area contributed by atoms with E-state index in [1.165, 1.54) is 0 Å². The van der Waals surface area contributed by atoms with Crippen LogP contribution in [0.1, 0.15) is 19.3 Å². The van der Waals surface area contributed by atoms with Gasteiger partial charge in [-0.25, -0.2) is 0 Å². The van der Waals surface area contributed by atoms with Gasteiger partial charge in [-0.15, -0.1) is 6.58 Å². The van der Waals surface area contributed by atoms with Crippen LogP contribution in [0.15, 0.2) is 12.7 Å². The number of carbonyl (C=O) groups is 1. The lowest BCUT2D eigenvalue weighted by molar-refractivity contribution is -0.119. The Morgan fingerprint density at radius 2 is 2.38 bits per heavy atom. The summed E-state index contributed by atoms with van der Waals surface area (Å²) in [6, 6.07) is 0. The third-order valence-corrected chi connectivity index (χ3v) is 1.38. The summed E-state index contributed by atoms with van der Waals surface area (Å²) in [5.74, 6) is 0.785. The molecule has 0 aliphatic heterocycles. The van der Waals surface area contributed by atoms with E-state index in [2.05, 4.69) is 6.58 Å². The maximum Gasteiger partial charge on any atom is 0.139 e. The van der Waals surface area contributed by atoms with Crippen LogP contribution in [-0.4, -0.2) is 5.78 Å². The number of Topliss-reactive ketones (excluding diaryl/α,β-unsaturated/α-hetero) is 1. The molecule has 1 aliphatic rings. The predicted octanol–water partition coefficient (Wildman–Crippen LogP) is 1.54. The molecule has 0 aromatic heterocycles. The second kappa shape index (κ2) is 2.12. The Labute approximate surface area is 49.4 Å². The van der Waals surface area contributed by atoms with E-state index in [9.17, 15) is 4.79 Å². The molecule has 1 fully saturated rings. The van der Waals surface area contributed by atoms with Gasteiger partial charge in [0.25, 0.3) is 0 Å². The van der Waals surface area contributed by atoms with E-state index >= 15 is 0 Å². The van der Waals surface area contributed by atoms with E-state index in [4.69, 9.17) is 0 Å². The van der Waals surface area contributed by atoms with Crippen molar-refractivity contribution in [1.82, 2.24) is 0 Å². The van der Waals surface area contributed by atoms with Crippen LogP contribution >= 0.6 is 0 Å². The molecule has 1 saturated carbocycles. The van der Waals surface area contributed by atoms with Crippen molar-refractivity contribution in [2.45, 2.75) is 19.3 Å². The first-order valence-electron chi connectivity index (χ1n) is 2.98. The van der Waals surface area contributed by atoms with Gasteiger partial charge < -0.3 is 0 Å². The van der Waals surface area contributed by atoms with Gasteiger partial charge in [-0.3, -0.25) is 4.79 Å². The average molecular weight is 110 g/mol. The van der Waals surface area contributed by atoms with E-state index in [0.29, 0.717) is 18.1 Å². The molecule has 0 saturated heterocycles. The molecule has 0 amide bonds. The van der Waals surface area contributed by atoms with Crippen molar-refractivity contribution in [2.75, 3.05) is 0 Å². The highest BCUT2D eigenvalue weighted by Crippen LogP contribution is 2.30. The first kappa shape index (κ1) is 5.54. The minimum atomic E-state index is 0.375. The first-order chi connectivity index (χ1) is 3.84. The molecule has 0 N–H and O–H groups in total. The number of carbonyl (C=O) groups excluding carboxylic acids is 1. The minimum absolute atomic E-state index is 0.375. The molecule has 0 aromatic rings. The number of ketones is 1. The summed E-state index contributed by atoms with van der Waals surface area (Å²) in [5, 5.41) is 0. The molecule has 0 radical (unpaired) electrons. The van der Waals surface area contributed by atoms with Crippen LogP contribution in [0.25, 0.3) is 0 Å². The van der Waals surface area contributed by atoms with Gasteiger partial charge in [0, 0.05) is 12.3 Å². The fraction of sp³-hybridized carbons (Fsp3) is 0.571. The number of hydrogen-bond acceptors (Lipinski definition) is 1. The molecule has 0 aromatic carbocycles. The third-order valence-electron chi connectivity index (χ3n) is 1.38. The number of allylic oxidation sites excluding steroid dienone is 1. The Morgan fingerprint density at radius 3 is 2.75 bits per heavy atom. The summed E-state index contributed by atoms with van der Waals surface area (Å²) in [5.41, 5.74) is 0. The highest BCUT2D eigenvalue weighted by molar-refractivity contribution is 5.84. The van der Waals surface area contributed by atoms with Gasteiger partial charge in [-0.2, -0.15) is 0 Å². The maximum absolute atomic E-state index is 10.7. The highest BCUT2D eigenvalue weighted by atomic mass is 16.1. The molecule has 0 unspecified atom stereocenters. The van der Waals surface area contributed by atoms with Gasteiger partial charge >= 0.3 is 0 Å². The summed E-state index contributed by atoms with van der Waals surface area (Å²) in [6.45, 7) is 3.49. The monoisotopic (exact) mass is 110 g/mol. The largest absolute Gasteiger partial charge is 0.299 e. The van der Waals surface area contributed by atoms with Gasteiger partial charge in [0.2, 0.25) is 0 Å². The van der Waals surface area contributed by atoms with Crippen LogP contribution in [0.5, 0.6) is 0 Å². The molecule has 8 heavy (non-hydrogen) atoms. The summed E-state index contributed by atoms with van der Waals surface area (Å²) in [7, 11) is 0. The van der Waals surface area contributed by atoms with E-state index in [1.807, 2.05) is 0 Å². The second-order valence-electron chi connectivity index (χ2n) is 2.23. The van der Waals surface area contributed by atoms with Crippen LogP contribution in [-0.2, 0) is 4.79 Å². The fourth-order valence-corrected chi connectivity index (χ4v) is 0.714. The topological polar surface area (TPSA) is 17.1 Å². The first-order valence-corrected chi connectivity index (χ1v) is 2.98. The van der Waals surface area contributed by atoms with Gasteiger partial charge in [0.1, 0.15) is 5.78 Å². The SMILES string of the molecule is C=CCC(=O)C1CC1. The van der Waals surface area contributed by atoms with Crippen LogP contribution in [0, 0.1) is 5.92 Å². The van der Waals surface area contributed by atoms with E-state index in [-0.39, 0.29) is 0 Å². The van der Waals surface area contributed by atoms with Crippen molar-refractivity contribution in [3.8, 4) is 0 Å². The fourth-order valence-electron chi connectivity index (χ4n) is 0.714. The lowest BCUT2D eigenvalue weighted by atomic mass is 10.2. The lowest BCUT2D eigenvalue weighted by Crippen LogP contribution is -1.96. The predicted molar refractivity (Wildman–Crippen MR) is 32.5 cm³/mol. The molecule has 1 nitrogen and oxygen atoms in total. The van der Waals surface area contributed by atoms with Gasteiger partial charge in [0.15, 0.2) is 0 Å². The van der Waals surface area contributed by atoms with Crippen LogP contribution < -0.4 is 0 Å². The average Bonchev–Trinajstić information content (AvgIpc) is 2.45. The maximum atomic E-state index is 10.7. The Balaban J connectivity index is 2.22. The van der Waals surface area contributed by atoms with Crippen LogP contribution in [0.4, 0.5) is 0 Å². The van der Waals surface area contributed by atoms with Crippen molar-refractivity contribution in [3.63, 3.8) is 0 Å². The standard InChI is InChI=1S/C7H10O/c1-2-3-7(8)6-4-5-6/h2,6H,1,3-5H2. The van der Waals surface area contributed by atoms with E-state index in [0.717, 1.165) is 12.8 Å².